The molecule has 7 nitrogen and oxygen atoms in total. The lowest BCUT2D eigenvalue weighted by atomic mass is 10.7. The van der Waals surface area contributed by atoms with Gasteiger partial charge in [0.15, 0.2) is 0 Å². The Morgan fingerprint density at radius 2 is 2.13 bits per heavy atom. The molecule has 0 bridgehead atoms. The molecule has 1 atom stereocenters. The second-order valence-electron chi connectivity index (χ2n) is 2.15. The van der Waals surface area contributed by atoms with E-state index in [-0.39, 0.29) is 19.8 Å². The molecule has 0 saturated heterocycles. The van der Waals surface area contributed by atoms with Gasteiger partial charge in [0.25, 0.3) is 0 Å². The summed E-state index contributed by atoms with van der Waals surface area (Å²) in [5.41, 5.74) is 0. The monoisotopic (exact) mass is 240 g/mol. The molecule has 1 N–H and O–H groups in total. The van der Waals surface area contributed by atoms with Crippen molar-refractivity contribution in [3.63, 3.8) is 0 Å². The van der Waals surface area contributed by atoms with Gasteiger partial charge in [-0.25, -0.2) is 9.36 Å². The third kappa shape index (κ3) is 8.29. The van der Waals surface area contributed by atoms with Gasteiger partial charge < -0.3 is 4.89 Å². The Kier molecular flexibility index (Phi) is 7.19. The van der Waals surface area contributed by atoms with E-state index >= 15 is 0 Å². The van der Waals surface area contributed by atoms with Crippen LogP contribution >= 0.6 is 7.82 Å². The molecule has 0 spiro atoms. The van der Waals surface area contributed by atoms with E-state index in [9.17, 15) is 9.36 Å². The highest BCUT2D eigenvalue weighted by molar-refractivity contribution is 7.47. The SMILES string of the molecule is C=CC(=O)OOCCOP(=O)(O)OCC. The van der Waals surface area contributed by atoms with Gasteiger partial charge in [0.05, 0.1) is 13.2 Å². The van der Waals surface area contributed by atoms with E-state index in [1.807, 2.05) is 0 Å². The molecule has 0 radical (unpaired) electrons. The largest absolute Gasteiger partial charge is 0.472 e. The van der Waals surface area contributed by atoms with Crippen molar-refractivity contribution in [1.82, 2.24) is 0 Å². The van der Waals surface area contributed by atoms with E-state index in [0.29, 0.717) is 0 Å². The van der Waals surface area contributed by atoms with Gasteiger partial charge in [0.1, 0.15) is 6.61 Å². The maximum absolute atomic E-state index is 10.9. The van der Waals surface area contributed by atoms with E-state index in [1.165, 1.54) is 0 Å². The summed E-state index contributed by atoms with van der Waals surface area (Å²) in [6.45, 7) is 4.32. The van der Waals surface area contributed by atoms with Crippen LogP contribution in [0.25, 0.3) is 0 Å². The van der Waals surface area contributed by atoms with Crippen molar-refractivity contribution in [3.05, 3.63) is 12.7 Å². The number of carbonyl (C=O) groups is 1. The van der Waals surface area contributed by atoms with Crippen molar-refractivity contribution in [1.29, 1.82) is 0 Å². The Morgan fingerprint density at radius 3 is 2.67 bits per heavy atom. The van der Waals surface area contributed by atoms with Crippen LogP contribution in [0.2, 0.25) is 0 Å². The Hall–Kier alpha value is -0.720. The summed E-state index contributed by atoms with van der Waals surface area (Å²) in [4.78, 5) is 27.8. The zero-order chi connectivity index (χ0) is 11.7. The van der Waals surface area contributed by atoms with Gasteiger partial charge in [0.2, 0.25) is 0 Å². The van der Waals surface area contributed by atoms with Crippen molar-refractivity contribution in [2.24, 2.45) is 0 Å². The first-order valence-corrected chi connectivity index (χ1v) is 5.59. The number of rotatable bonds is 8. The molecule has 0 aliphatic rings. The highest BCUT2D eigenvalue weighted by atomic mass is 31.2. The third-order valence-corrected chi connectivity index (χ3v) is 2.11. The quantitative estimate of drug-likeness (QED) is 0.220. The maximum atomic E-state index is 10.9. The van der Waals surface area contributed by atoms with Crippen LogP contribution in [0.1, 0.15) is 6.92 Å². The lowest BCUT2D eigenvalue weighted by Crippen LogP contribution is -2.07. The Labute approximate surface area is 87.1 Å². The molecule has 0 amide bonds. The number of hydrogen-bond acceptors (Lipinski definition) is 6. The predicted octanol–water partition coefficient (Wildman–Crippen LogP) is 0.801. The van der Waals surface area contributed by atoms with Gasteiger partial charge in [-0.3, -0.25) is 13.9 Å². The van der Waals surface area contributed by atoms with Gasteiger partial charge in [-0.05, 0) is 6.92 Å². The highest BCUT2D eigenvalue weighted by Crippen LogP contribution is 2.42. The van der Waals surface area contributed by atoms with Gasteiger partial charge in [-0.15, -0.1) is 0 Å². The lowest BCUT2D eigenvalue weighted by molar-refractivity contribution is -0.269. The first kappa shape index (κ1) is 14.3. The first-order chi connectivity index (χ1) is 7.02. The molecule has 0 aliphatic carbocycles. The molecule has 0 saturated carbocycles. The molecule has 0 heterocycles. The van der Waals surface area contributed by atoms with E-state index in [1.54, 1.807) is 6.92 Å². The molecular weight excluding hydrogens is 227 g/mol. The zero-order valence-electron chi connectivity index (χ0n) is 8.25. The second-order valence-corrected chi connectivity index (χ2v) is 3.60. The molecule has 0 aromatic carbocycles. The van der Waals surface area contributed by atoms with Crippen LogP contribution in [0.5, 0.6) is 0 Å². The summed E-state index contributed by atoms with van der Waals surface area (Å²) in [7, 11) is -4.00. The van der Waals surface area contributed by atoms with Crippen LogP contribution < -0.4 is 0 Å². The van der Waals surface area contributed by atoms with Crippen LogP contribution in [0.3, 0.4) is 0 Å². The summed E-state index contributed by atoms with van der Waals surface area (Å²) < 4.78 is 19.7. The molecular formula is C7H13O7P. The molecule has 0 aromatic rings. The smallest absolute Gasteiger partial charge is 0.302 e. The Morgan fingerprint density at radius 1 is 1.47 bits per heavy atom. The standard InChI is InChI=1S/C7H13O7P/c1-3-7(8)14-11-5-6-13-15(9,10)12-4-2/h3H,1,4-6H2,2H3,(H,9,10). The lowest BCUT2D eigenvalue weighted by Gasteiger charge is -2.09. The number of phosphoric ester groups is 1. The minimum Gasteiger partial charge on any atom is -0.302 e. The van der Waals surface area contributed by atoms with Gasteiger partial charge >= 0.3 is 13.8 Å². The molecule has 88 valence electrons. The fraction of sp³-hybridized carbons (Fsp3) is 0.571. The summed E-state index contributed by atoms with van der Waals surface area (Å²) in [5, 5.41) is 0. The van der Waals surface area contributed by atoms with Crippen LogP contribution in [0, 0.1) is 0 Å². The summed E-state index contributed by atoms with van der Waals surface area (Å²) in [6.07, 6.45) is 0.915. The van der Waals surface area contributed by atoms with Crippen molar-refractivity contribution in [3.8, 4) is 0 Å². The highest BCUT2D eigenvalue weighted by Gasteiger charge is 2.19. The topological polar surface area (TPSA) is 91.3 Å². The van der Waals surface area contributed by atoms with Crippen LogP contribution in [-0.2, 0) is 28.2 Å². The maximum Gasteiger partial charge on any atom is 0.472 e. The molecule has 0 fully saturated rings. The van der Waals surface area contributed by atoms with Crippen LogP contribution in [0.4, 0.5) is 0 Å². The van der Waals surface area contributed by atoms with E-state index in [0.717, 1.165) is 6.08 Å². The van der Waals surface area contributed by atoms with Gasteiger partial charge in [-0.1, -0.05) is 6.58 Å². The fourth-order valence-corrected chi connectivity index (χ4v) is 1.23. The second kappa shape index (κ2) is 7.56. The minimum atomic E-state index is -4.00. The summed E-state index contributed by atoms with van der Waals surface area (Å²) in [6, 6.07) is 0. The predicted molar refractivity (Wildman–Crippen MR) is 49.6 cm³/mol. The average molecular weight is 240 g/mol. The van der Waals surface area contributed by atoms with Crippen molar-refractivity contribution in [2.45, 2.75) is 6.92 Å². The van der Waals surface area contributed by atoms with E-state index < -0.39 is 13.8 Å². The van der Waals surface area contributed by atoms with Crippen LogP contribution in [0.15, 0.2) is 12.7 Å². The van der Waals surface area contributed by atoms with Crippen molar-refractivity contribution in [2.75, 3.05) is 19.8 Å². The van der Waals surface area contributed by atoms with Gasteiger partial charge in [0, 0.05) is 6.08 Å². The summed E-state index contributed by atoms with van der Waals surface area (Å²) in [5.74, 6) is -0.757. The zero-order valence-corrected chi connectivity index (χ0v) is 9.14. The van der Waals surface area contributed by atoms with E-state index in [4.69, 9.17) is 4.89 Å². The minimum absolute atomic E-state index is 0.0556. The van der Waals surface area contributed by atoms with Crippen molar-refractivity contribution < 1.29 is 33.1 Å². The molecule has 0 rings (SSSR count). The number of hydrogen-bond donors (Lipinski definition) is 1. The first-order valence-electron chi connectivity index (χ1n) is 4.09. The van der Waals surface area contributed by atoms with E-state index in [2.05, 4.69) is 25.4 Å². The molecule has 15 heavy (non-hydrogen) atoms. The molecule has 1 unspecified atom stereocenters. The number of carbonyl (C=O) groups excluding carboxylic acids is 1. The van der Waals surface area contributed by atoms with Crippen LogP contribution in [-0.4, -0.2) is 30.7 Å². The average Bonchev–Trinajstić information content (AvgIpc) is 2.16. The molecule has 0 aliphatic heterocycles. The van der Waals surface area contributed by atoms with Crippen molar-refractivity contribution >= 4 is 13.8 Å². The Balaban J connectivity index is 3.50. The number of phosphoric acid groups is 1. The normalized spacial score (nSPS) is 14.3. The molecule has 0 aromatic heterocycles. The third-order valence-electron chi connectivity index (χ3n) is 1.02. The van der Waals surface area contributed by atoms with Gasteiger partial charge in [-0.2, -0.15) is 4.89 Å². The Bertz CT molecular complexity index is 252. The molecule has 8 heteroatoms. The fourth-order valence-electron chi connectivity index (χ4n) is 0.521. The summed E-state index contributed by atoms with van der Waals surface area (Å²) >= 11 is 0.